The summed E-state index contributed by atoms with van der Waals surface area (Å²) in [7, 11) is 0. The van der Waals surface area contributed by atoms with E-state index in [9.17, 15) is 19.1 Å². The predicted molar refractivity (Wildman–Crippen MR) is 198 cm³/mol. The van der Waals surface area contributed by atoms with Gasteiger partial charge < -0.3 is 29.9 Å². The van der Waals surface area contributed by atoms with Crippen LogP contribution in [0.1, 0.15) is 48.8 Å². The largest absolute Gasteiger partial charge is 0.519 e. The third-order valence-electron chi connectivity index (χ3n) is 9.53. The van der Waals surface area contributed by atoms with Crippen molar-refractivity contribution in [2.45, 2.75) is 52.3 Å². The van der Waals surface area contributed by atoms with E-state index in [0.717, 1.165) is 39.6 Å². The standard InChI is InChI=1S/C38H40FN9O5/c1-21(2)30-18-43-48-34(30)45-36(41-17-26-12-14-47(19-31(26)49)20-32-23(4)52-38(51)53-32)46-37(48)42-16-25-7-5-6-8-28(25)33-29-10-9-27(44-35(50)22(3)39)15-24(29)11-13-40-33/h5-11,13,15,18,21,26,31,49H,3,12,14,16-17,19-20H2,1-2,4H3,(H,44,50)(H2,41,42,45,46)/t26-,31+/m1/s1. The fourth-order valence-corrected chi connectivity index (χ4v) is 6.62. The highest BCUT2D eigenvalue weighted by molar-refractivity contribution is 6.04. The van der Waals surface area contributed by atoms with E-state index in [1.54, 1.807) is 36.0 Å². The number of carbonyl (C=O) groups is 1. The lowest BCUT2D eigenvalue weighted by Crippen LogP contribution is -2.45. The molecule has 2 aromatic carbocycles. The molecular formula is C38H40FN9O5. The van der Waals surface area contributed by atoms with Gasteiger partial charge in [-0.05, 0) is 55.0 Å². The number of nitrogens with one attached hydrogen (secondary N) is 3. The summed E-state index contributed by atoms with van der Waals surface area (Å²) >= 11 is 0. The zero-order valence-electron chi connectivity index (χ0n) is 29.6. The molecular weight excluding hydrogens is 681 g/mol. The number of halogens is 1. The Morgan fingerprint density at radius 3 is 2.72 bits per heavy atom. The lowest BCUT2D eigenvalue weighted by Gasteiger charge is -2.35. The molecule has 274 valence electrons. The van der Waals surface area contributed by atoms with Crippen LogP contribution in [0.3, 0.4) is 0 Å². The van der Waals surface area contributed by atoms with Gasteiger partial charge in [0.1, 0.15) is 5.76 Å². The van der Waals surface area contributed by atoms with E-state index in [1.165, 1.54) is 0 Å². The van der Waals surface area contributed by atoms with Gasteiger partial charge in [0, 0.05) is 53.9 Å². The number of hydrogen-bond donors (Lipinski definition) is 4. The Bertz CT molecular complexity index is 2370. The molecule has 1 amide bonds. The molecule has 1 saturated heterocycles. The molecule has 53 heavy (non-hydrogen) atoms. The van der Waals surface area contributed by atoms with Crippen molar-refractivity contribution in [1.29, 1.82) is 0 Å². The second kappa shape index (κ2) is 15.0. The summed E-state index contributed by atoms with van der Waals surface area (Å²) in [5.41, 5.74) is 4.70. The van der Waals surface area contributed by atoms with Gasteiger partial charge in [-0.25, -0.2) is 9.18 Å². The van der Waals surface area contributed by atoms with Gasteiger partial charge in [0.2, 0.25) is 11.9 Å². The number of pyridine rings is 1. The molecule has 5 heterocycles. The van der Waals surface area contributed by atoms with Gasteiger partial charge in [0.25, 0.3) is 5.91 Å². The van der Waals surface area contributed by atoms with Crippen molar-refractivity contribution in [2.75, 3.05) is 35.6 Å². The number of piperidine rings is 1. The highest BCUT2D eigenvalue weighted by atomic mass is 19.1. The van der Waals surface area contributed by atoms with Crippen molar-refractivity contribution in [3.63, 3.8) is 0 Å². The summed E-state index contributed by atoms with van der Waals surface area (Å²) in [5, 5.41) is 26.7. The molecule has 14 nitrogen and oxygen atoms in total. The van der Waals surface area contributed by atoms with Crippen LogP contribution in [0.2, 0.25) is 0 Å². The first-order valence-electron chi connectivity index (χ1n) is 17.4. The number of rotatable bonds is 12. The van der Waals surface area contributed by atoms with Crippen molar-refractivity contribution in [3.05, 3.63) is 107 Å². The van der Waals surface area contributed by atoms with Crippen molar-refractivity contribution < 1.29 is 23.1 Å². The van der Waals surface area contributed by atoms with Crippen molar-refractivity contribution in [2.24, 2.45) is 5.92 Å². The molecule has 1 aliphatic rings. The second-order valence-corrected chi connectivity index (χ2v) is 13.5. The Morgan fingerprint density at radius 1 is 1.13 bits per heavy atom. The topological polar surface area (TPSA) is 176 Å². The van der Waals surface area contributed by atoms with Crippen LogP contribution < -0.4 is 21.8 Å². The minimum absolute atomic E-state index is 0.0509. The maximum Gasteiger partial charge on any atom is 0.519 e. The summed E-state index contributed by atoms with van der Waals surface area (Å²) in [5.74, 6) is -0.729. The number of likely N-dealkylation sites (tertiary alicyclic amines) is 1. The molecule has 4 aromatic heterocycles. The Labute approximate surface area is 303 Å². The molecule has 2 atom stereocenters. The zero-order valence-corrected chi connectivity index (χ0v) is 29.6. The van der Waals surface area contributed by atoms with E-state index >= 15 is 0 Å². The highest BCUT2D eigenvalue weighted by Gasteiger charge is 2.29. The van der Waals surface area contributed by atoms with E-state index in [4.69, 9.17) is 23.8 Å². The van der Waals surface area contributed by atoms with Gasteiger partial charge in [-0.3, -0.25) is 14.7 Å². The van der Waals surface area contributed by atoms with Crippen LogP contribution >= 0.6 is 0 Å². The number of aliphatic hydroxyl groups excluding tert-OH is 1. The molecule has 0 bridgehead atoms. The molecule has 4 N–H and O–H groups in total. The number of β-amino-alcohol motifs (C(OH)–C–C–N with tert-alkyl or cyclic N) is 1. The molecule has 1 fully saturated rings. The number of benzene rings is 2. The number of carbonyl (C=O) groups excluding carboxylic acids is 1. The number of aromatic nitrogens is 5. The minimum Gasteiger partial charge on any atom is -0.396 e. The zero-order chi connectivity index (χ0) is 37.2. The lowest BCUT2D eigenvalue weighted by molar-refractivity contribution is -0.114. The first-order chi connectivity index (χ1) is 25.5. The normalized spacial score (nSPS) is 16.3. The molecule has 0 radical (unpaired) electrons. The number of nitrogens with zero attached hydrogens (tertiary/aromatic N) is 6. The lowest BCUT2D eigenvalue weighted by atomic mass is 9.93. The number of hydrogen-bond acceptors (Lipinski definition) is 12. The maximum atomic E-state index is 13.3. The quantitative estimate of drug-likeness (QED) is 0.115. The van der Waals surface area contributed by atoms with E-state index in [-0.39, 0.29) is 11.8 Å². The molecule has 1 aliphatic heterocycles. The highest BCUT2D eigenvalue weighted by Crippen LogP contribution is 2.32. The van der Waals surface area contributed by atoms with Gasteiger partial charge in [0.05, 0.1) is 24.5 Å². The van der Waals surface area contributed by atoms with E-state index in [2.05, 4.69) is 41.5 Å². The van der Waals surface area contributed by atoms with Gasteiger partial charge in [-0.1, -0.05) is 50.8 Å². The van der Waals surface area contributed by atoms with Crippen LogP contribution in [-0.4, -0.2) is 66.2 Å². The molecule has 7 rings (SSSR count). The Hall–Kier alpha value is -5.93. The monoisotopic (exact) mass is 721 g/mol. The van der Waals surface area contributed by atoms with E-state index in [0.29, 0.717) is 67.5 Å². The number of fused-ring (bicyclic) bond motifs is 2. The third-order valence-corrected chi connectivity index (χ3v) is 9.53. The summed E-state index contributed by atoms with van der Waals surface area (Å²) < 4.78 is 25.1. The van der Waals surface area contributed by atoms with Gasteiger partial charge in [-0.15, -0.1) is 0 Å². The van der Waals surface area contributed by atoms with Gasteiger partial charge in [-0.2, -0.15) is 19.6 Å². The molecule has 0 spiro atoms. The number of amides is 1. The molecule has 6 aromatic rings. The second-order valence-electron chi connectivity index (χ2n) is 13.5. The van der Waals surface area contributed by atoms with E-state index in [1.807, 2.05) is 41.3 Å². The summed E-state index contributed by atoms with van der Waals surface area (Å²) in [4.78, 5) is 39.7. The molecule has 15 heteroatoms. The molecule has 0 unspecified atom stereocenters. The van der Waals surface area contributed by atoms with Crippen molar-refractivity contribution in [3.8, 4) is 11.3 Å². The van der Waals surface area contributed by atoms with Crippen LogP contribution in [0.5, 0.6) is 0 Å². The van der Waals surface area contributed by atoms with Gasteiger partial charge in [0.15, 0.2) is 17.2 Å². The smallest absolute Gasteiger partial charge is 0.396 e. The van der Waals surface area contributed by atoms with Crippen molar-refractivity contribution in [1.82, 2.24) is 29.5 Å². The van der Waals surface area contributed by atoms with Gasteiger partial charge >= 0.3 is 5.82 Å². The van der Waals surface area contributed by atoms with Crippen LogP contribution in [0, 0.1) is 12.8 Å². The van der Waals surface area contributed by atoms with Crippen LogP contribution in [0.15, 0.2) is 87.0 Å². The Kier molecular flexibility index (Phi) is 10.0. The number of aryl methyl sites for hydroxylation is 1. The fraction of sp³-hybridized carbons (Fsp3) is 0.316. The van der Waals surface area contributed by atoms with E-state index < -0.39 is 23.7 Å². The Balaban J connectivity index is 1.10. The minimum atomic E-state index is -1.06. The van der Waals surface area contributed by atoms with Crippen LogP contribution in [-0.2, 0) is 17.9 Å². The predicted octanol–water partition coefficient (Wildman–Crippen LogP) is 5.65. The average Bonchev–Trinajstić information content (AvgIpc) is 3.71. The molecule has 0 aliphatic carbocycles. The SMILES string of the molecule is C=C(F)C(=O)Nc1ccc2c(-c3ccccc3CNc3nc(NC[C@H]4CCN(Cc5oc(=O)oc5C)C[C@@H]4O)nc4c(C(C)C)cnn34)nccc2c1. The molecule has 0 saturated carbocycles. The summed E-state index contributed by atoms with van der Waals surface area (Å²) in [6.45, 7) is 11.3. The number of anilines is 3. The maximum absolute atomic E-state index is 13.3. The number of aliphatic hydroxyl groups is 1. The first kappa shape index (κ1) is 35.5. The van der Waals surface area contributed by atoms with Crippen molar-refractivity contribution >= 4 is 39.9 Å². The van der Waals surface area contributed by atoms with Crippen LogP contribution in [0.4, 0.5) is 22.0 Å². The third kappa shape index (κ3) is 7.66. The first-order valence-corrected chi connectivity index (χ1v) is 17.4. The summed E-state index contributed by atoms with van der Waals surface area (Å²) in [6.07, 6.45) is 3.61. The van der Waals surface area contributed by atoms with Crippen LogP contribution in [0.25, 0.3) is 27.7 Å². The average molecular weight is 722 g/mol. The Morgan fingerprint density at radius 2 is 1.96 bits per heavy atom. The summed E-state index contributed by atoms with van der Waals surface area (Å²) in [6, 6.07) is 15.1. The fourth-order valence-electron chi connectivity index (χ4n) is 6.62.